The number of carboxylic acids is 1. The molecule has 0 aliphatic rings. The van der Waals surface area contributed by atoms with Gasteiger partial charge in [-0.3, -0.25) is 19.8 Å². The Morgan fingerprint density at radius 1 is 1.00 bits per heavy atom. The monoisotopic (exact) mass is 595 g/mol. The molecule has 0 bridgehead atoms. The summed E-state index contributed by atoms with van der Waals surface area (Å²) in [7, 11) is 1.28. The molecule has 0 heterocycles. The summed E-state index contributed by atoms with van der Waals surface area (Å²) in [6.45, 7) is 2.81. The van der Waals surface area contributed by atoms with Gasteiger partial charge in [-0.25, -0.2) is 4.79 Å². The SMILES string of the molecule is CCNC(=O)c1cc(O)c(C(=N)C(=O)Nc2ccc(C#N)cc2C(=O)O)cc1-c1ccc(N(C)C(C)=O)cc1C(F)(F)F. The number of phenols is 1. The number of halogens is 3. The van der Waals surface area contributed by atoms with Crippen LogP contribution in [0.4, 0.5) is 24.5 Å². The molecular weight excluding hydrogens is 571 g/mol. The van der Waals surface area contributed by atoms with Crippen LogP contribution in [0.1, 0.15) is 51.3 Å². The Balaban J connectivity index is 2.21. The Morgan fingerprint density at radius 3 is 2.23 bits per heavy atom. The molecule has 0 fully saturated rings. The van der Waals surface area contributed by atoms with Gasteiger partial charge in [0, 0.05) is 31.8 Å². The second-order valence-corrected chi connectivity index (χ2v) is 9.09. The summed E-state index contributed by atoms with van der Waals surface area (Å²) in [5, 5.41) is 42.2. The first-order chi connectivity index (χ1) is 20.1. The van der Waals surface area contributed by atoms with Crippen molar-refractivity contribution in [2.24, 2.45) is 0 Å². The molecule has 14 heteroatoms. The lowest BCUT2D eigenvalue weighted by Crippen LogP contribution is -2.26. The molecule has 43 heavy (non-hydrogen) atoms. The Hall–Kier alpha value is -5.71. The molecule has 0 aliphatic carbocycles. The van der Waals surface area contributed by atoms with Crippen LogP contribution in [0.15, 0.2) is 48.5 Å². The lowest BCUT2D eigenvalue weighted by molar-refractivity contribution is -0.137. The Bertz CT molecular complexity index is 1710. The third kappa shape index (κ3) is 6.79. The van der Waals surface area contributed by atoms with Crippen molar-refractivity contribution in [1.82, 2.24) is 5.32 Å². The first-order valence-corrected chi connectivity index (χ1v) is 12.4. The molecule has 11 nitrogen and oxygen atoms in total. The zero-order chi connectivity index (χ0) is 32.2. The normalized spacial score (nSPS) is 10.8. The van der Waals surface area contributed by atoms with Gasteiger partial charge in [-0.05, 0) is 60.5 Å². The van der Waals surface area contributed by atoms with Crippen LogP contribution in [0.25, 0.3) is 11.1 Å². The van der Waals surface area contributed by atoms with E-state index in [0.717, 1.165) is 42.2 Å². The van der Waals surface area contributed by atoms with Gasteiger partial charge in [-0.2, -0.15) is 18.4 Å². The van der Waals surface area contributed by atoms with E-state index in [1.54, 1.807) is 13.0 Å². The van der Waals surface area contributed by atoms with E-state index in [1.165, 1.54) is 19.2 Å². The lowest BCUT2D eigenvalue weighted by atomic mass is 9.90. The van der Waals surface area contributed by atoms with Crippen molar-refractivity contribution in [1.29, 1.82) is 10.7 Å². The van der Waals surface area contributed by atoms with Gasteiger partial charge in [0.25, 0.3) is 11.8 Å². The van der Waals surface area contributed by atoms with Gasteiger partial charge in [0.05, 0.1) is 34.0 Å². The maximum absolute atomic E-state index is 14.3. The van der Waals surface area contributed by atoms with Gasteiger partial charge in [-0.15, -0.1) is 0 Å². The molecule has 0 unspecified atom stereocenters. The Kier molecular flexibility index (Phi) is 9.20. The van der Waals surface area contributed by atoms with Crippen LogP contribution in [0.2, 0.25) is 0 Å². The molecule has 0 radical (unpaired) electrons. The van der Waals surface area contributed by atoms with Crippen molar-refractivity contribution < 1.29 is 42.6 Å². The molecule has 0 atom stereocenters. The second kappa shape index (κ2) is 12.4. The number of rotatable bonds is 8. The van der Waals surface area contributed by atoms with Crippen LogP contribution in [-0.4, -0.2) is 53.2 Å². The number of aromatic hydroxyl groups is 1. The summed E-state index contributed by atoms with van der Waals surface area (Å²) in [6, 6.07) is 9.72. The van der Waals surface area contributed by atoms with Gasteiger partial charge in [-0.1, -0.05) is 6.07 Å². The van der Waals surface area contributed by atoms with Gasteiger partial charge in [0.15, 0.2) is 0 Å². The van der Waals surface area contributed by atoms with E-state index >= 15 is 0 Å². The number of carbonyl (C=O) groups excluding carboxylic acids is 3. The number of alkyl halides is 3. The highest BCUT2D eigenvalue weighted by atomic mass is 19.4. The van der Waals surface area contributed by atoms with Gasteiger partial charge < -0.3 is 25.7 Å². The smallest absolute Gasteiger partial charge is 0.417 e. The van der Waals surface area contributed by atoms with E-state index in [9.17, 15) is 42.6 Å². The van der Waals surface area contributed by atoms with Crippen LogP contribution >= 0.6 is 0 Å². The summed E-state index contributed by atoms with van der Waals surface area (Å²) in [4.78, 5) is 50.2. The fraction of sp³-hybridized carbons (Fsp3) is 0.172. The first kappa shape index (κ1) is 31.8. The zero-order valence-corrected chi connectivity index (χ0v) is 22.9. The standard InChI is InChI=1S/C29H24F3N5O6/c1-4-35-26(40)19-12-24(39)21(25(34)27(41)36-23-8-5-15(13-33)9-20(23)28(42)43)11-18(19)17-7-6-16(37(3)14(2)38)10-22(17)29(30,31)32/h5-12,34,39H,4H2,1-3H3,(H,35,40)(H,36,41)(H,42,43). The quantitative estimate of drug-likeness (QED) is 0.239. The first-order valence-electron chi connectivity index (χ1n) is 12.4. The van der Waals surface area contributed by atoms with Crippen LogP contribution in [-0.2, 0) is 15.8 Å². The fourth-order valence-corrected chi connectivity index (χ4v) is 4.05. The minimum atomic E-state index is -4.98. The van der Waals surface area contributed by atoms with Crippen LogP contribution in [0.5, 0.6) is 5.75 Å². The number of nitrogens with zero attached hydrogens (tertiary/aromatic N) is 2. The maximum atomic E-state index is 14.3. The van der Waals surface area contributed by atoms with Crippen LogP contribution in [0.3, 0.4) is 0 Å². The van der Waals surface area contributed by atoms with Crippen molar-refractivity contribution >= 4 is 40.8 Å². The average molecular weight is 596 g/mol. The van der Waals surface area contributed by atoms with E-state index in [0.29, 0.717) is 6.07 Å². The third-order valence-electron chi connectivity index (χ3n) is 6.30. The number of anilines is 2. The van der Waals surface area contributed by atoms with E-state index < -0.39 is 69.1 Å². The highest BCUT2D eigenvalue weighted by molar-refractivity contribution is 6.48. The number of phenolic OH excluding ortho intramolecular Hbond substituents is 1. The third-order valence-corrected chi connectivity index (χ3v) is 6.30. The number of aromatic carboxylic acids is 1. The summed E-state index contributed by atoms with van der Waals surface area (Å²) in [5.41, 5.74) is -4.95. The number of nitriles is 1. The van der Waals surface area contributed by atoms with Gasteiger partial charge >= 0.3 is 12.1 Å². The molecule has 0 aliphatic heterocycles. The number of carboxylic acid groups (broad SMARTS) is 1. The topological polar surface area (TPSA) is 184 Å². The molecule has 0 saturated heterocycles. The van der Waals surface area contributed by atoms with Crippen molar-refractivity contribution in [3.05, 3.63) is 76.3 Å². The average Bonchev–Trinajstić information content (AvgIpc) is 2.95. The molecule has 0 saturated carbocycles. The summed E-state index contributed by atoms with van der Waals surface area (Å²) in [6.07, 6.45) is -4.98. The molecule has 222 valence electrons. The number of carbonyl (C=O) groups is 4. The van der Waals surface area contributed by atoms with Crippen molar-refractivity contribution in [3.8, 4) is 22.9 Å². The second-order valence-electron chi connectivity index (χ2n) is 9.09. The zero-order valence-electron chi connectivity index (χ0n) is 22.9. The van der Waals surface area contributed by atoms with Crippen molar-refractivity contribution in [3.63, 3.8) is 0 Å². The van der Waals surface area contributed by atoms with E-state index in [4.69, 9.17) is 10.7 Å². The molecule has 5 N–H and O–H groups in total. The summed E-state index contributed by atoms with van der Waals surface area (Å²) in [5.74, 6) is -4.91. The van der Waals surface area contributed by atoms with E-state index in [1.807, 2.05) is 0 Å². The predicted molar refractivity (Wildman–Crippen MR) is 149 cm³/mol. The largest absolute Gasteiger partial charge is 0.507 e. The minimum Gasteiger partial charge on any atom is -0.507 e. The van der Waals surface area contributed by atoms with Crippen molar-refractivity contribution in [2.75, 3.05) is 23.8 Å². The van der Waals surface area contributed by atoms with Gasteiger partial charge in [0.1, 0.15) is 11.5 Å². The number of benzene rings is 3. The molecule has 3 aromatic carbocycles. The number of amides is 3. The fourth-order valence-electron chi connectivity index (χ4n) is 4.05. The van der Waals surface area contributed by atoms with Crippen molar-refractivity contribution in [2.45, 2.75) is 20.0 Å². The number of nitrogens with one attached hydrogen (secondary N) is 3. The summed E-state index contributed by atoms with van der Waals surface area (Å²) < 4.78 is 42.9. The highest BCUT2D eigenvalue weighted by Crippen LogP contribution is 2.42. The predicted octanol–water partition coefficient (Wildman–Crippen LogP) is 4.39. The molecule has 0 spiro atoms. The molecule has 3 amide bonds. The van der Waals surface area contributed by atoms with E-state index in [-0.39, 0.29) is 29.0 Å². The van der Waals surface area contributed by atoms with E-state index in [2.05, 4.69) is 10.6 Å². The molecule has 3 rings (SSSR count). The number of hydrogen-bond acceptors (Lipinski definition) is 7. The maximum Gasteiger partial charge on any atom is 0.417 e. The lowest BCUT2D eigenvalue weighted by Gasteiger charge is -2.21. The summed E-state index contributed by atoms with van der Waals surface area (Å²) >= 11 is 0. The number of hydrogen-bond donors (Lipinski definition) is 5. The Labute approximate surface area is 242 Å². The van der Waals surface area contributed by atoms with Crippen LogP contribution < -0.4 is 15.5 Å². The minimum absolute atomic E-state index is 0.0188. The van der Waals surface area contributed by atoms with Gasteiger partial charge in [0.2, 0.25) is 5.91 Å². The highest BCUT2D eigenvalue weighted by Gasteiger charge is 2.36. The van der Waals surface area contributed by atoms with Crippen LogP contribution in [0, 0.1) is 16.7 Å². The molecule has 3 aromatic rings. The molecular formula is C29H24F3N5O6. The molecule has 0 aromatic heterocycles. The Morgan fingerprint density at radius 2 is 1.67 bits per heavy atom.